The van der Waals surface area contributed by atoms with Gasteiger partial charge in [-0.1, -0.05) is 12.1 Å². The minimum absolute atomic E-state index is 0.220. The number of aromatic nitrogens is 2. The van der Waals surface area contributed by atoms with Crippen LogP contribution < -0.4 is 10.2 Å². The van der Waals surface area contributed by atoms with Crippen molar-refractivity contribution < 1.29 is 4.39 Å². The van der Waals surface area contributed by atoms with E-state index in [1.807, 2.05) is 13.0 Å². The molecule has 2 aromatic rings. The molecule has 0 saturated carbocycles. The van der Waals surface area contributed by atoms with Crippen molar-refractivity contribution >= 4 is 11.8 Å². The highest BCUT2D eigenvalue weighted by molar-refractivity contribution is 5.45. The number of hydrogen-bond donors (Lipinski definition) is 1. The van der Waals surface area contributed by atoms with E-state index in [1.165, 1.54) is 25.0 Å². The Bertz CT molecular complexity index is 606. The van der Waals surface area contributed by atoms with Crippen molar-refractivity contribution in [2.24, 2.45) is 0 Å². The number of halogens is 1. The Hall–Kier alpha value is -2.17. The molecule has 0 bridgehead atoms. The zero-order chi connectivity index (χ0) is 14.7. The normalized spacial score (nSPS) is 14.5. The maximum absolute atomic E-state index is 12.9. The Morgan fingerprint density at radius 2 is 1.86 bits per heavy atom. The van der Waals surface area contributed by atoms with Gasteiger partial charge < -0.3 is 10.2 Å². The van der Waals surface area contributed by atoms with Crippen LogP contribution in [0, 0.1) is 12.7 Å². The molecule has 5 heteroatoms. The van der Waals surface area contributed by atoms with E-state index in [2.05, 4.69) is 20.2 Å². The van der Waals surface area contributed by atoms with Crippen LogP contribution in [0.5, 0.6) is 0 Å². The molecule has 1 fully saturated rings. The zero-order valence-corrected chi connectivity index (χ0v) is 12.1. The van der Waals surface area contributed by atoms with Crippen molar-refractivity contribution in [2.75, 3.05) is 23.3 Å². The maximum Gasteiger partial charge on any atom is 0.225 e. The molecular formula is C16H19FN4. The van der Waals surface area contributed by atoms with Crippen molar-refractivity contribution in [3.63, 3.8) is 0 Å². The Balaban J connectivity index is 1.71. The molecule has 0 unspecified atom stereocenters. The smallest absolute Gasteiger partial charge is 0.225 e. The number of nitrogens with one attached hydrogen (secondary N) is 1. The lowest BCUT2D eigenvalue weighted by Crippen LogP contribution is -2.20. The molecule has 2 heterocycles. The van der Waals surface area contributed by atoms with Crippen molar-refractivity contribution in [1.82, 2.24) is 9.97 Å². The molecule has 1 aromatic heterocycles. The molecule has 1 aliphatic heterocycles. The molecule has 1 N–H and O–H groups in total. The van der Waals surface area contributed by atoms with Crippen LogP contribution in [-0.2, 0) is 6.54 Å². The number of anilines is 2. The molecule has 3 rings (SSSR count). The van der Waals surface area contributed by atoms with Gasteiger partial charge in [-0.05, 0) is 37.5 Å². The number of aryl methyl sites for hydroxylation is 1. The van der Waals surface area contributed by atoms with Crippen LogP contribution in [0.15, 0.2) is 30.3 Å². The minimum Gasteiger partial charge on any atom is -0.356 e. The van der Waals surface area contributed by atoms with Crippen LogP contribution in [0.1, 0.15) is 24.1 Å². The Morgan fingerprint density at radius 1 is 1.14 bits per heavy atom. The summed E-state index contributed by atoms with van der Waals surface area (Å²) in [4.78, 5) is 11.3. The largest absolute Gasteiger partial charge is 0.356 e. The third-order valence-electron chi connectivity index (χ3n) is 3.63. The highest BCUT2D eigenvalue weighted by Gasteiger charge is 2.14. The van der Waals surface area contributed by atoms with Gasteiger partial charge in [0.2, 0.25) is 5.95 Å². The molecule has 21 heavy (non-hydrogen) atoms. The second kappa shape index (κ2) is 6.08. The summed E-state index contributed by atoms with van der Waals surface area (Å²) in [6.45, 7) is 4.69. The van der Waals surface area contributed by atoms with E-state index in [9.17, 15) is 4.39 Å². The van der Waals surface area contributed by atoms with Gasteiger partial charge in [0.1, 0.15) is 11.6 Å². The summed E-state index contributed by atoms with van der Waals surface area (Å²) >= 11 is 0. The fraction of sp³-hybridized carbons (Fsp3) is 0.375. The van der Waals surface area contributed by atoms with Crippen LogP contribution in [0.2, 0.25) is 0 Å². The van der Waals surface area contributed by atoms with Crippen LogP contribution in [0.25, 0.3) is 0 Å². The van der Waals surface area contributed by atoms with Crippen LogP contribution >= 0.6 is 0 Å². The molecule has 0 atom stereocenters. The Morgan fingerprint density at radius 3 is 2.57 bits per heavy atom. The first-order valence-electron chi connectivity index (χ1n) is 7.30. The van der Waals surface area contributed by atoms with Gasteiger partial charge in [-0.15, -0.1) is 0 Å². The summed E-state index contributed by atoms with van der Waals surface area (Å²) in [5, 5.41) is 3.21. The number of hydrogen-bond acceptors (Lipinski definition) is 4. The van der Waals surface area contributed by atoms with Crippen molar-refractivity contribution in [3.05, 3.63) is 47.4 Å². The quantitative estimate of drug-likeness (QED) is 0.937. The zero-order valence-electron chi connectivity index (χ0n) is 12.1. The van der Waals surface area contributed by atoms with E-state index < -0.39 is 0 Å². The third kappa shape index (κ3) is 3.48. The molecule has 1 saturated heterocycles. The lowest BCUT2D eigenvalue weighted by atomic mass is 10.2. The van der Waals surface area contributed by atoms with Gasteiger partial charge in [0.05, 0.1) is 0 Å². The van der Waals surface area contributed by atoms with Crippen LogP contribution in [-0.4, -0.2) is 23.1 Å². The lowest BCUT2D eigenvalue weighted by Gasteiger charge is -2.17. The van der Waals surface area contributed by atoms with Crippen LogP contribution in [0.3, 0.4) is 0 Å². The fourth-order valence-corrected chi connectivity index (χ4v) is 2.52. The van der Waals surface area contributed by atoms with E-state index in [4.69, 9.17) is 0 Å². The van der Waals surface area contributed by atoms with E-state index in [-0.39, 0.29) is 5.82 Å². The SMILES string of the molecule is Cc1cc(N2CCCC2)nc(NCc2ccc(F)cc2)n1. The van der Waals surface area contributed by atoms with Crippen LogP contribution in [0.4, 0.5) is 16.2 Å². The standard InChI is InChI=1S/C16H19FN4/c1-12-10-15(21-8-2-3-9-21)20-16(19-12)18-11-13-4-6-14(17)7-5-13/h4-7,10H,2-3,8-9,11H2,1H3,(H,18,19,20). The van der Waals surface area contributed by atoms with E-state index in [1.54, 1.807) is 12.1 Å². The highest BCUT2D eigenvalue weighted by Crippen LogP contribution is 2.20. The average Bonchev–Trinajstić information content (AvgIpc) is 3.00. The minimum atomic E-state index is -0.220. The predicted molar refractivity (Wildman–Crippen MR) is 81.9 cm³/mol. The Kier molecular flexibility index (Phi) is 3.99. The molecular weight excluding hydrogens is 267 g/mol. The molecule has 4 nitrogen and oxygen atoms in total. The molecule has 1 aliphatic rings. The Labute approximate surface area is 124 Å². The summed E-state index contributed by atoms with van der Waals surface area (Å²) in [5.74, 6) is 1.39. The highest BCUT2D eigenvalue weighted by atomic mass is 19.1. The monoisotopic (exact) mass is 286 g/mol. The van der Waals surface area contributed by atoms with Gasteiger partial charge in [-0.25, -0.2) is 9.37 Å². The van der Waals surface area contributed by atoms with E-state index in [0.717, 1.165) is 30.2 Å². The number of nitrogens with zero attached hydrogens (tertiary/aromatic N) is 3. The topological polar surface area (TPSA) is 41.1 Å². The van der Waals surface area contributed by atoms with Crippen molar-refractivity contribution in [3.8, 4) is 0 Å². The maximum atomic E-state index is 12.9. The fourth-order valence-electron chi connectivity index (χ4n) is 2.52. The molecule has 1 aromatic carbocycles. The first-order valence-corrected chi connectivity index (χ1v) is 7.30. The summed E-state index contributed by atoms with van der Waals surface area (Å²) in [7, 11) is 0. The van der Waals surface area contributed by atoms with Gasteiger partial charge in [0, 0.05) is 31.4 Å². The third-order valence-corrected chi connectivity index (χ3v) is 3.63. The van der Waals surface area contributed by atoms with E-state index in [0.29, 0.717) is 12.5 Å². The first kappa shape index (κ1) is 13.8. The van der Waals surface area contributed by atoms with Crippen molar-refractivity contribution in [1.29, 1.82) is 0 Å². The predicted octanol–water partition coefficient (Wildman–Crippen LogP) is 3.14. The number of benzene rings is 1. The van der Waals surface area contributed by atoms with Gasteiger partial charge in [0.25, 0.3) is 0 Å². The molecule has 0 aliphatic carbocycles. The average molecular weight is 286 g/mol. The molecule has 0 radical (unpaired) electrons. The second-order valence-electron chi connectivity index (χ2n) is 5.37. The molecule has 0 spiro atoms. The summed E-state index contributed by atoms with van der Waals surface area (Å²) in [6, 6.07) is 8.47. The van der Waals surface area contributed by atoms with Gasteiger partial charge in [-0.2, -0.15) is 4.98 Å². The summed E-state index contributed by atoms with van der Waals surface area (Å²) in [6.07, 6.45) is 2.45. The van der Waals surface area contributed by atoms with Gasteiger partial charge >= 0.3 is 0 Å². The van der Waals surface area contributed by atoms with Crippen molar-refractivity contribution in [2.45, 2.75) is 26.3 Å². The first-order chi connectivity index (χ1) is 10.2. The summed E-state index contributed by atoms with van der Waals surface area (Å²) < 4.78 is 12.9. The second-order valence-corrected chi connectivity index (χ2v) is 5.37. The molecule has 0 amide bonds. The summed E-state index contributed by atoms with van der Waals surface area (Å²) in [5.41, 5.74) is 1.96. The van der Waals surface area contributed by atoms with E-state index >= 15 is 0 Å². The van der Waals surface area contributed by atoms with Gasteiger partial charge in [-0.3, -0.25) is 0 Å². The lowest BCUT2D eigenvalue weighted by molar-refractivity contribution is 0.627. The molecule has 110 valence electrons. The number of rotatable bonds is 4. The van der Waals surface area contributed by atoms with Gasteiger partial charge in [0.15, 0.2) is 0 Å².